The maximum absolute atomic E-state index is 11.8. The SMILES string of the molecule is Cc1ccc(CC(=O)Nc2ccc(Br)cc2)cc1. The van der Waals surface area contributed by atoms with Crippen LogP contribution in [0.25, 0.3) is 0 Å². The Morgan fingerprint density at radius 2 is 1.67 bits per heavy atom. The first kappa shape index (κ1) is 12.8. The molecule has 0 atom stereocenters. The third-order valence-corrected chi connectivity index (χ3v) is 3.14. The highest BCUT2D eigenvalue weighted by molar-refractivity contribution is 9.10. The van der Waals surface area contributed by atoms with Crippen molar-refractivity contribution in [2.75, 3.05) is 5.32 Å². The molecular formula is C15H14BrNO. The van der Waals surface area contributed by atoms with E-state index in [-0.39, 0.29) is 5.91 Å². The molecule has 0 aliphatic rings. The third-order valence-electron chi connectivity index (χ3n) is 2.61. The maximum atomic E-state index is 11.8. The van der Waals surface area contributed by atoms with Crippen LogP contribution in [0.5, 0.6) is 0 Å². The first-order chi connectivity index (χ1) is 8.63. The number of aryl methyl sites for hydroxylation is 1. The van der Waals surface area contributed by atoms with E-state index in [1.807, 2.05) is 55.5 Å². The molecule has 2 aromatic carbocycles. The Balaban J connectivity index is 1.96. The molecule has 1 amide bonds. The Bertz CT molecular complexity index is 482. The Morgan fingerprint density at radius 3 is 2.28 bits per heavy atom. The van der Waals surface area contributed by atoms with Crippen LogP contribution in [0, 0.1) is 6.92 Å². The van der Waals surface area contributed by atoms with Gasteiger partial charge in [0.2, 0.25) is 5.91 Å². The summed E-state index contributed by atoms with van der Waals surface area (Å²) >= 11 is 3.36. The Morgan fingerprint density at radius 1 is 1.06 bits per heavy atom. The molecule has 0 saturated carbocycles. The molecule has 0 radical (unpaired) electrons. The molecule has 0 saturated heterocycles. The molecule has 92 valence electrons. The van der Waals surface area contributed by atoms with Gasteiger partial charge in [-0.3, -0.25) is 4.79 Å². The van der Waals surface area contributed by atoms with E-state index < -0.39 is 0 Å². The molecule has 3 heteroatoms. The molecule has 2 nitrogen and oxygen atoms in total. The van der Waals surface area contributed by atoms with Crippen LogP contribution in [0.3, 0.4) is 0 Å². The van der Waals surface area contributed by atoms with Crippen LogP contribution in [-0.2, 0) is 11.2 Å². The maximum Gasteiger partial charge on any atom is 0.228 e. The Kier molecular flexibility index (Phi) is 4.15. The summed E-state index contributed by atoms with van der Waals surface area (Å²) in [7, 11) is 0. The fraction of sp³-hybridized carbons (Fsp3) is 0.133. The van der Waals surface area contributed by atoms with E-state index in [4.69, 9.17) is 0 Å². The van der Waals surface area contributed by atoms with Crippen molar-refractivity contribution in [3.63, 3.8) is 0 Å². The molecule has 1 N–H and O–H groups in total. The molecule has 0 unspecified atom stereocenters. The zero-order valence-electron chi connectivity index (χ0n) is 10.1. The van der Waals surface area contributed by atoms with Crippen LogP contribution >= 0.6 is 15.9 Å². The minimum atomic E-state index is 0.00109. The second kappa shape index (κ2) is 5.83. The van der Waals surface area contributed by atoms with Gasteiger partial charge >= 0.3 is 0 Å². The lowest BCUT2D eigenvalue weighted by atomic mass is 10.1. The number of carbonyl (C=O) groups is 1. The van der Waals surface area contributed by atoms with Crippen LogP contribution in [0.1, 0.15) is 11.1 Å². The monoisotopic (exact) mass is 303 g/mol. The predicted octanol–water partition coefficient (Wildman–Crippen LogP) is 3.94. The molecule has 0 aromatic heterocycles. The number of hydrogen-bond acceptors (Lipinski definition) is 1. The van der Waals surface area contributed by atoms with Crippen molar-refractivity contribution < 1.29 is 4.79 Å². The molecule has 18 heavy (non-hydrogen) atoms. The summed E-state index contributed by atoms with van der Waals surface area (Å²) in [5, 5.41) is 2.87. The third kappa shape index (κ3) is 3.70. The van der Waals surface area contributed by atoms with Gasteiger partial charge in [-0.1, -0.05) is 45.8 Å². The Hall–Kier alpha value is -1.61. The molecule has 0 spiro atoms. The summed E-state index contributed by atoms with van der Waals surface area (Å²) in [5.74, 6) is 0.00109. The second-order valence-corrected chi connectivity index (χ2v) is 5.13. The first-order valence-corrected chi connectivity index (χ1v) is 6.54. The van der Waals surface area contributed by atoms with E-state index in [9.17, 15) is 4.79 Å². The second-order valence-electron chi connectivity index (χ2n) is 4.22. The van der Waals surface area contributed by atoms with E-state index >= 15 is 0 Å². The number of anilines is 1. The van der Waals surface area contributed by atoms with Crippen molar-refractivity contribution in [2.45, 2.75) is 13.3 Å². The number of halogens is 1. The van der Waals surface area contributed by atoms with E-state index in [0.717, 1.165) is 15.7 Å². The highest BCUT2D eigenvalue weighted by Gasteiger charge is 2.03. The average molecular weight is 304 g/mol. The number of nitrogens with one attached hydrogen (secondary N) is 1. The van der Waals surface area contributed by atoms with Crippen molar-refractivity contribution in [2.24, 2.45) is 0 Å². The molecular weight excluding hydrogens is 290 g/mol. The number of rotatable bonds is 3. The predicted molar refractivity (Wildman–Crippen MR) is 77.7 cm³/mol. The fourth-order valence-electron chi connectivity index (χ4n) is 1.63. The standard InChI is InChI=1S/C15H14BrNO/c1-11-2-4-12(5-3-11)10-15(18)17-14-8-6-13(16)7-9-14/h2-9H,10H2,1H3,(H,17,18). The quantitative estimate of drug-likeness (QED) is 0.914. The lowest BCUT2D eigenvalue weighted by Crippen LogP contribution is -2.14. The molecule has 0 aliphatic carbocycles. The summed E-state index contributed by atoms with van der Waals surface area (Å²) in [5.41, 5.74) is 3.04. The summed E-state index contributed by atoms with van der Waals surface area (Å²) < 4.78 is 0.999. The molecule has 0 heterocycles. The van der Waals surface area contributed by atoms with E-state index in [0.29, 0.717) is 6.42 Å². The van der Waals surface area contributed by atoms with Gasteiger partial charge < -0.3 is 5.32 Å². The molecule has 2 aromatic rings. The lowest BCUT2D eigenvalue weighted by Gasteiger charge is -2.05. The van der Waals surface area contributed by atoms with Crippen molar-refractivity contribution in [1.82, 2.24) is 0 Å². The normalized spacial score (nSPS) is 10.1. The van der Waals surface area contributed by atoms with Gasteiger partial charge in [0, 0.05) is 10.2 Å². The van der Waals surface area contributed by atoms with Crippen LogP contribution < -0.4 is 5.32 Å². The minimum Gasteiger partial charge on any atom is -0.326 e. The van der Waals surface area contributed by atoms with E-state index in [2.05, 4.69) is 21.2 Å². The van der Waals surface area contributed by atoms with Gasteiger partial charge in [0.25, 0.3) is 0 Å². The smallest absolute Gasteiger partial charge is 0.228 e. The van der Waals surface area contributed by atoms with Gasteiger partial charge in [0.1, 0.15) is 0 Å². The number of hydrogen-bond donors (Lipinski definition) is 1. The van der Waals surface area contributed by atoms with Gasteiger partial charge in [-0.05, 0) is 36.8 Å². The molecule has 0 fully saturated rings. The Labute approximate surface area is 115 Å². The van der Waals surface area contributed by atoms with Crippen molar-refractivity contribution in [3.05, 3.63) is 64.1 Å². The minimum absolute atomic E-state index is 0.00109. The van der Waals surface area contributed by atoms with Crippen molar-refractivity contribution in [1.29, 1.82) is 0 Å². The van der Waals surface area contributed by atoms with Gasteiger partial charge in [-0.2, -0.15) is 0 Å². The van der Waals surface area contributed by atoms with Gasteiger partial charge in [-0.25, -0.2) is 0 Å². The van der Waals surface area contributed by atoms with Crippen molar-refractivity contribution >= 4 is 27.5 Å². The van der Waals surface area contributed by atoms with E-state index in [1.54, 1.807) is 0 Å². The number of amides is 1. The highest BCUT2D eigenvalue weighted by atomic mass is 79.9. The van der Waals surface area contributed by atoms with Crippen LogP contribution in [0.15, 0.2) is 53.0 Å². The topological polar surface area (TPSA) is 29.1 Å². The first-order valence-electron chi connectivity index (χ1n) is 5.74. The molecule has 2 rings (SSSR count). The van der Waals surface area contributed by atoms with Gasteiger partial charge in [-0.15, -0.1) is 0 Å². The van der Waals surface area contributed by atoms with Gasteiger partial charge in [0.15, 0.2) is 0 Å². The van der Waals surface area contributed by atoms with Crippen LogP contribution in [0.2, 0.25) is 0 Å². The van der Waals surface area contributed by atoms with Crippen molar-refractivity contribution in [3.8, 4) is 0 Å². The summed E-state index contributed by atoms with van der Waals surface area (Å²) in [4.78, 5) is 11.8. The lowest BCUT2D eigenvalue weighted by molar-refractivity contribution is -0.115. The van der Waals surface area contributed by atoms with Crippen LogP contribution in [0.4, 0.5) is 5.69 Å². The summed E-state index contributed by atoms with van der Waals surface area (Å²) in [6.45, 7) is 2.03. The summed E-state index contributed by atoms with van der Waals surface area (Å²) in [6.07, 6.45) is 0.399. The van der Waals surface area contributed by atoms with Crippen LogP contribution in [-0.4, -0.2) is 5.91 Å². The molecule has 0 aliphatic heterocycles. The zero-order valence-corrected chi connectivity index (χ0v) is 11.7. The molecule has 0 bridgehead atoms. The van der Waals surface area contributed by atoms with E-state index in [1.165, 1.54) is 5.56 Å². The number of carbonyl (C=O) groups excluding carboxylic acids is 1. The zero-order chi connectivity index (χ0) is 13.0. The largest absolute Gasteiger partial charge is 0.326 e. The summed E-state index contributed by atoms with van der Waals surface area (Å²) in [6, 6.07) is 15.6. The van der Waals surface area contributed by atoms with Gasteiger partial charge in [0.05, 0.1) is 6.42 Å². The highest BCUT2D eigenvalue weighted by Crippen LogP contribution is 2.14. The average Bonchev–Trinajstić information content (AvgIpc) is 2.35. The fourth-order valence-corrected chi connectivity index (χ4v) is 1.89. The number of benzene rings is 2.